The topological polar surface area (TPSA) is 81.1 Å². The monoisotopic (exact) mass is 463 g/mol. The molecule has 0 radical (unpaired) electrons. The van der Waals surface area contributed by atoms with Crippen LogP contribution in [0.25, 0.3) is 0 Å². The summed E-state index contributed by atoms with van der Waals surface area (Å²) in [7, 11) is 2.20. The molecule has 8 heteroatoms. The third-order valence-corrected chi connectivity index (χ3v) is 7.20. The Morgan fingerprint density at radius 2 is 2.09 bits per heavy atom. The maximum absolute atomic E-state index is 6.36. The van der Waals surface area contributed by atoms with Gasteiger partial charge >= 0.3 is 0 Å². The number of aromatic amines is 1. The Kier molecular flexibility index (Phi) is 7.25. The van der Waals surface area contributed by atoms with Crippen molar-refractivity contribution in [3.8, 4) is 0 Å². The van der Waals surface area contributed by atoms with Gasteiger partial charge in [0.1, 0.15) is 11.5 Å². The number of H-pyrrole nitrogens is 1. The summed E-state index contributed by atoms with van der Waals surface area (Å²) in [6.45, 7) is 8.40. The van der Waals surface area contributed by atoms with E-state index in [1.54, 1.807) is 0 Å². The van der Waals surface area contributed by atoms with E-state index in [4.69, 9.17) is 9.73 Å². The molecule has 2 unspecified atom stereocenters. The van der Waals surface area contributed by atoms with Crippen LogP contribution in [-0.2, 0) is 4.74 Å². The van der Waals surface area contributed by atoms with E-state index in [0.717, 1.165) is 80.4 Å². The molecule has 34 heavy (non-hydrogen) atoms. The zero-order valence-electron chi connectivity index (χ0n) is 20.5. The number of aryl methyl sites for hydroxylation is 1. The summed E-state index contributed by atoms with van der Waals surface area (Å²) in [6, 6.07) is 0.139. The molecular weight excluding hydrogens is 426 g/mol. The molecule has 2 atom stereocenters. The molecule has 182 valence electrons. The smallest absolute Gasteiger partial charge is 0.142 e. The van der Waals surface area contributed by atoms with E-state index in [1.165, 1.54) is 18.4 Å². The number of aromatic nitrogens is 2. The van der Waals surface area contributed by atoms with Crippen LogP contribution in [0.4, 0.5) is 0 Å². The number of aliphatic imine (C=N–C) groups is 1. The highest BCUT2D eigenvalue weighted by molar-refractivity contribution is 6.13. The number of hydrogen-bond donors (Lipinski definition) is 2. The van der Waals surface area contributed by atoms with Crippen LogP contribution in [0, 0.1) is 12.8 Å². The summed E-state index contributed by atoms with van der Waals surface area (Å²) in [5, 5.41) is 11.7. The van der Waals surface area contributed by atoms with Crippen LogP contribution in [-0.4, -0.2) is 84.3 Å². The van der Waals surface area contributed by atoms with Gasteiger partial charge in [-0.25, -0.2) is 4.99 Å². The lowest BCUT2D eigenvalue weighted by Crippen LogP contribution is -2.44. The first kappa shape index (κ1) is 23.1. The van der Waals surface area contributed by atoms with Gasteiger partial charge in [-0.1, -0.05) is 6.08 Å². The third kappa shape index (κ3) is 5.33. The fourth-order valence-electron chi connectivity index (χ4n) is 5.03. The molecule has 1 aromatic rings. The fourth-order valence-corrected chi connectivity index (χ4v) is 5.03. The number of nitrogens with one attached hydrogen (secondary N) is 2. The van der Waals surface area contributed by atoms with Crippen molar-refractivity contribution < 1.29 is 4.74 Å². The summed E-state index contributed by atoms with van der Waals surface area (Å²) < 4.78 is 6.36. The highest BCUT2D eigenvalue weighted by Gasteiger charge is 2.29. The van der Waals surface area contributed by atoms with Gasteiger partial charge in [0.2, 0.25) is 0 Å². The molecule has 2 N–H and O–H groups in total. The van der Waals surface area contributed by atoms with E-state index in [-0.39, 0.29) is 12.0 Å². The highest BCUT2D eigenvalue weighted by Crippen LogP contribution is 2.30. The number of hydrazone groups is 1. The Morgan fingerprint density at radius 1 is 1.21 bits per heavy atom. The van der Waals surface area contributed by atoms with Crippen molar-refractivity contribution in [1.82, 2.24) is 25.4 Å². The molecule has 0 spiro atoms. The summed E-state index contributed by atoms with van der Waals surface area (Å²) >= 11 is 0. The lowest BCUT2D eigenvalue weighted by molar-refractivity contribution is 0.135. The standard InChI is InChI=1S/C26H37N7O/c1-19-22(18-28-30-19)26(20-7-4-3-5-8-20)29-24-15-21-17-27-31-23(21)16-25(24)34-14-6-9-33-12-10-32(2)11-13-33/h7,15-18,21,23,31H,3-6,8-14H2,1-2H3,(H,28,30). The molecule has 1 aromatic heterocycles. The third-order valence-electron chi connectivity index (χ3n) is 7.20. The quantitative estimate of drug-likeness (QED) is 0.458. The molecule has 0 saturated carbocycles. The Hall–Kier alpha value is -2.71. The summed E-state index contributed by atoms with van der Waals surface area (Å²) in [6.07, 6.45) is 16.2. The van der Waals surface area contributed by atoms with Crippen LogP contribution in [0.2, 0.25) is 0 Å². The Bertz CT molecular complexity index is 1010. The number of hydrogen-bond acceptors (Lipinski definition) is 7. The molecule has 3 heterocycles. The average Bonchev–Trinajstić information content (AvgIpc) is 3.50. The lowest BCUT2D eigenvalue weighted by Gasteiger charge is -2.32. The number of ether oxygens (including phenoxy) is 1. The number of piperazine rings is 1. The normalized spacial score (nSPS) is 25.9. The second-order valence-electron chi connectivity index (χ2n) is 9.78. The molecule has 1 saturated heterocycles. The number of likely N-dealkylation sites (N-methyl/N-ethyl adjacent to an activating group) is 1. The largest absolute Gasteiger partial charge is 0.492 e. The van der Waals surface area contributed by atoms with Gasteiger partial charge in [0.15, 0.2) is 0 Å². The lowest BCUT2D eigenvalue weighted by atomic mass is 9.91. The summed E-state index contributed by atoms with van der Waals surface area (Å²) in [5.41, 5.74) is 8.54. The molecule has 4 aliphatic rings. The van der Waals surface area contributed by atoms with Gasteiger partial charge in [0.05, 0.1) is 24.6 Å². The van der Waals surface area contributed by atoms with E-state index in [2.05, 4.69) is 62.7 Å². The number of nitrogens with zero attached hydrogens (tertiary/aromatic N) is 5. The van der Waals surface area contributed by atoms with Crippen molar-refractivity contribution >= 4 is 11.9 Å². The maximum Gasteiger partial charge on any atom is 0.142 e. The first-order chi connectivity index (χ1) is 16.7. The minimum Gasteiger partial charge on any atom is -0.492 e. The van der Waals surface area contributed by atoms with Crippen molar-refractivity contribution in [1.29, 1.82) is 0 Å². The number of rotatable bonds is 8. The van der Waals surface area contributed by atoms with Crippen LogP contribution < -0.4 is 5.43 Å². The van der Waals surface area contributed by atoms with Crippen LogP contribution in [0.5, 0.6) is 0 Å². The van der Waals surface area contributed by atoms with Crippen molar-refractivity contribution in [2.24, 2.45) is 16.0 Å². The minimum absolute atomic E-state index is 0.139. The van der Waals surface area contributed by atoms with Gasteiger partial charge in [0, 0.05) is 56.1 Å². The molecule has 1 fully saturated rings. The molecular formula is C26H37N7O. The summed E-state index contributed by atoms with van der Waals surface area (Å²) in [4.78, 5) is 10.2. The van der Waals surface area contributed by atoms with Crippen LogP contribution >= 0.6 is 0 Å². The van der Waals surface area contributed by atoms with Gasteiger partial charge < -0.3 is 20.0 Å². The Labute approximate surface area is 202 Å². The van der Waals surface area contributed by atoms with Crippen molar-refractivity contribution in [2.75, 3.05) is 46.4 Å². The van der Waals surface area contributed by atoms with Crippen LogP contribution in [0.15, 0.2) is 51.5 Å². The van der Waals surface area contributed by atoms with Gasteiger partial charge in [-0.15, -0.1) is 0 Å². The number of allylic oxidation sites excluding steroid dienone is 2. The molecule has 2 aliphatic carbocycles. The fraction of sp³-hybridized carbons (Fsp3) is 0.577. The first-order valence-electron chi connectivity index (χ1n) is 12.7. The van der Waals surface area contributed by atoms with Crippen molar-refractivity contribution in [2.45, 2.75) is 45.1 Å². The zero-order chi connectivity index (χ0) is 23.3. The second-order valence-corrected chi connectivity index (χ2v) is 9.78. The Balaban J connectivity index is 1.33. The van der Waals surface area contributed by atoms with E-state index >= 15 is 0 Å². The second kappa shape index (κ2) is 10.7. The van der Waals surface area contributed by atoms with Gasteiger partial charge in [-0.05, 0) is 63.8 Å². The first-order valence-corrected chi connectivity index (χ1v) is 12.7. The number of fused-ring (bicyclic) bond motifs is 1. The van der Waals surface area contributed by atoms with Gasteiger partial charge in [-0.3, -0.25) is 5.10 Å². The maximum atomic E-state index is 6.36. The highest BCUT2D eigenvalue weighted by atomic mass is 16.5. The SMILES string of the molecule is Cc1[nH]ncc1C(=NC1=CC2C=NNC2C=C1OCCCN1CCN(C)CC1)C1=CCCCC1. The average molecular weight is 464 g/mol. The van der Waals surface area contributed by atoms with E-state index in [1.807, 2.05) is 12.4 Å². The predicted octanol–water partition coefficient (Wildman–Crippen LogP) is 3.02. The molecule has 5 rings (SSSR count). The van der Waals surface area contributed by atoms with E-state index in [0.29, 0.717) is 6.61 Å². The zero-order valence-corrected chi connectivity index (χ0v) is 20.5. The van der Waals surface area contributed by atoms with Crippen molar-refractivity contribution in [3.05, 3.63) is 52.7 Å². The van der Waals surface area contributed by atoms with E-state index in [9.17, 15) is 0 Å². The minimum atomic E-state index is 0.139. The molecule has 0 aromatic carbocycles. The van der Waals surface area contributed by atoms with Crippen LogP contribution in [0.1, 0.15) is 43.4 Å². The molecule has 8 nitrogen and oxygen atoms in total. The van der Waals surface area contributed by atoms with Crippen LogP contribution in [0.3, 0.4) is 0 Å². The Morgan fingerprint density at radius 3 is 2.85 bits per heavy atom. The molecule has 2 aliphatic heterocycles. The summed E-state index contributed by atoms with van der Waals surface area (Å²) in [5.74, 6) is 1.05. The molecule has 0 amide bonds. The van der Waals surface area contributed by atoms with Crippen molar-refractivity contribution in [3.63, 3.8) is 0 Å². The molecule has 0 bridgehead atoms. The predicted molar refractivity (Wildman–Crippen MR) is 136 cm³/mol. The van der Waals surface area contributed by atoms with Gasteiger partial charge in [0.25, 0.3) is 0 Å². The van der Waals surface area contributed by atoms with Gasteiger partial charge in [-0.2, -0.15) is 10.2 Å². The van der Waals surface area contributed by atoms with E-state index < -0.39 is 0 Å².